The van der Waals surface area contributed by atoms with Crippen LogP contribution in [0.25, 0.3) is 0 Å². The summed E-state index contributed by atoms with van der Waals surface area (Å²) in [5, 5.41) is 14.0. The van der Waals surface area contributed by atoms with E-state index < -0.39 is 4.92 Å². The fourth-order valence-corrected chi connectivity index (χ4v) is 2.47. The molecule has 21 heavy (non-hydrogen) atoms. The maximum Gasteiger partial charge on any atom is 0.282 e. The van der Waals surface area contributed by atoms with Crippen LogP contribution in [0.4, 0.5) is 11.4 Å². The molecule has 0 aliphatic heterocycles. The number of hydrogen-bond acceptors (Lipinski definition) is 5. The minimum absolute atomic E-state index is 0.0304. The second-order valence-corrected chi connectivity index (χ2v) is 5.77. The highest BCUT2D eigenvalue weighted by atomic mass is 32.2. The van der Waals surface area contributed by atoms with Crippen LogP contribution < -0.4 is 5.32 Å². The van der Waals surface area contributed by atoms with Crippen LogP contribution in [0.15, 0.2) is 18.2 Å². The Morgan fingerprint density at radius 1 is 1.52 bits per heavy atom. The second-order valence-electron chi connectivity index (χ2n) is 4.79. The Labute approximate surface area is 129 Å². The van der Waals surface area contributed by atoms with Crippen molar-refractivity contribution in [3.63, 3.8) is 0 Å². The number of thioether (sulfide) groups is 1. The van der Waals surface area contributed by atoms with Gasteiger partial charge >= 0.3 is 0 Å². The van der Waals surface area contributed by atoms with Crippen molar-refractivity contribution in [3.05, 3.63) is 33.9 Å². The third kappa shape index (κ3) is 4.35. The van der Waals surface area contributed by atoms with Crippen LogP contribution in [0.5, 0.6) is 0 Å². The third-order valence-electron chi connectivity index (χ3n) is 3.43. The molecule has 0 aromatic heterocycles. The third-order valence-corrected chi connectivity index (χ3v) is 4.08. The fraction of sp³-hybridized carbons (Fsp3) is 0.500. The Morgan fingerprint density at radius 2 is 2.19 bits per heavy atom. The molecule has 1 amide bonds. The topological polar surface area (TPSA) is 75.5 Å². The zero-order valence-corrected chi connectivity index (χ0v) is 13.6. The smallest absolute Gasteiger partial charge is 0.282 e. The van der Waals surface area contributed by atoms with Crippen molar-refractivity contribution in [3.8, 4) is 0 Å². The van der Waals surface area contributed by atoms with Crippen molar-refractivity contribution in [1.29, 1.82) is 0 Å². The van der Waals surface area contributed by atoms with Gasteiger partial charge in [0.2, 0.25) is 0 Å². The summed E-state index contributed by atoms with van der Waals surface area (Å²) in [7, 11) is 3.39. The molecule has 1 unspecified atom stereocenters. The summed E-state index contributed by atoms with van der Waals surface area (Å²) >= 11 is 1.71. The normalized spacial score (nSPS) is 11.8. The van der Waals surface area contributed by atoms with Crippen LogP contribution in [0.1, 0.15) is 23.7 Å². The molecule has 1 aromatic carbocycles. The van der Waals surface area contributed by atoms with Crippen molar-refractivity contribution in [2.75, 3.05) is 31.4 Å². The van der Waals surface area contributed by atoms with Gasteiger partial charge in [-0.2, -0.15) is 11.8 Å². The number of nitro groups is 1. The SMILES string of the molecule is CNc1ccc([N+](=O)[O-])c(C(=O)N(C)C(C)CCSC)c1. The predicted molar refractivity (Wildman–Crippen MR) is 87.2 cm³/mol. The highest BCUT2D eigenvalue weighted by Gasteiger charge is 2.25. The quantitative estimate of drug-likeness (QED) is 0.619. The minimum atomic E-state index is -0.521. The first-order chi connectivity index (χ1) is 9.92. The number of nitro benzene ring substituents is 1. The van der Waals surface area contributed by atoms with Crippen molar-refractivity contribution >= 4 is 29.0 Å². The highest BCUT2D eigenvalue weighted by Crippen LogP contribution is 2.24. The number of benzene rings is 1. The van der Waals surface area contributed by atoms with E-state index in [4.69, 9.17) is 0 Å². The molecule has 1 rings (SSSR count). The monoisotopic (exact) mass is 311 g/mol. The summed E-state index contributed by atoms with van der Waals surface area (Å²) in [6, 6.07) is 4.51. The van der Waals surface area contributed by atoms with Gasteiger partial charge < -0.3 is 10.2 Å². The molecular weight excluding hydrogens is 290 g/mol. The Kier molecular flexibility index (Phi) is 6.48. The summed E-state index contributed by atoms with van der Waals surface area (Å²) in [4.78, 5) is 24.7. The van der Waals surface area contributed by atoms with Gasteiger partial charge in [-0.1, -0.05) is 0 Å². The largest absolute Gasteiger partial charge is 0.388 e. The van der Waals surface area contributed by atoms with Crippen LogP contribution in [0.3, 0.4) is 0 Å². The molecule has 0 aliphatic rings. The lowest BCUT2D eigenvalue weighted by Crippen LogP contribution is -2.35. The molecule has 0 spiro atoms. The number of rotatable bonds is 7. The molecule has 0 saturated heterocycles. The van der Waals surface area contributed by atoms with E-state index in [-0.39, 0.29) is 23.2 Å². The van der Waals surface area contributed by atoms with E-state index in [1.54, 1.807) is 36.8 Å². The number of carbonyl (C=O) groups is 1. The molecule has 0 aliphatic carbocycles. The van der Waals surface area contributed by atoms with E-state index in [2.05, 4.69) is 5.32 Å². The maximum absolute atomic E-state index is 12.5. The molecule has 1 aromatic rings. The fourth-order valence-electron chi connectivity index (χ4n) is 1.89. The number of amides is 1. The van der Waals surface area contributed by atoms with Crippen molar-refractivity contribution in [2.24, 2.45) is 0 Å². The first kappa shape index (κ1) is 17.3. The molecule has 116 valence electrons. The average Bonchev–Trinajstić information content (AvgIpc) is 2.50. The number of nitrogens with zero attached hydrogens (tertiary/aromatic N) is 2. The van der Waals surface area contributed by atoms with E-state index in [0.29, 0.717) is 5.69 Å². The summed E-state index contributed by atoms with van der Waals surface area (Å²) in [6.07, 6.45) is 2.86. The lowest BCUT2D eigenvalue weighted by Gasteiger charge is -2.25. The van der Waals surface area contributed by atoms with E-state index >= 15 is 0 Å². The summed E-state index contributed by atoms with van der Waals surface area (Å²) in [5.74, 6) is 0.615. The van der Waals surface area contributed by atoms with Gasteiger partial charge in [-0.15, -0.1) is 0 Å². The molecule has 6 nitrogen and oxygen atoms in total. The Hall–Kier alpha value is -1.76. The molecule has 1 atom stereocenters. The Morgan fingerprint density at radius 3 is 2.71 bits per heavy atom. The van der Waals surface area contributed by atoms with E-state index in [9.17, 15) is 14.9 Å². The van der Waals surface area contributed by atoms with Gasteiger partial charge in [0.05, 0.1) is 4.92 Å². The molecule has 1 N–H and O–H groups in total. The summed E-state index contributed by atoms with van der Waals surface area (Å²) in [5.41, 5.74) is 0.627. The maximum atomic E-state index is 12.5. The number of nitrogens with one attached hydrogen (secondary N) is 1. The van der Waals surface area contributed by atoms with Gasteiger partial charge in [0.1, 0.15) is 5.56 Å². The van der Waals surface area contributed by atoms with Crippen molar-refractivity contribution < 1.29 is 9.72 Å². The van der Waals surface area contributed by atoms with Crippen molar-refractivity contribution in [2.45, 2.75) is 19.4 Å². The second kappa shape index (κ2) is 7.87. The van der Waals surface area contributed by atoms with Crippen LogP contribution in [-0.4, -0.2) is 47.9 Å². The van der Waals surface area contributed by atoms with Crippen molar-refractivity contribution in [1.82, 2.24) is 4.90 Å². The van der Waals surface area contributed by atoms with Crippen LogP contribution in [0.2, 0.25) is 0 Å². The molecule has 0 radical (unpaired) electrons. The van der Waals surface area contributed by atoms with Gasteiger partial charge in [0.15, 0.2) is 0 Å². The standard InChI is InChI=1S/C14H21N3O3S/c1-10(7-8-21-4)16(3)14(18)12-9-11(15-2)5-6-13(12)17(19)20/h5-6,9-10,15H,7-8H2,1-4H3. The minimum Gasteiger partial charge on any atom is -0.388 e. The lowest BCUT2D eigenvalue weighted by atomic mass is 10.1. The van der Waals surface area contributed by atoms with E-state index in [0.717, 1.165) is 12.2 Å². The zero-order chi connectivity index (χ0) is 16.0. The zero-order valence-electron chi connectivity index (χ0n) is 12.8. The predicted octanol–water partition coefficient (Wildman–Crippen LogP) is 2.85. The molecule has 0 bridgehead atoms. The van der Waals surface area contributed by atoms with Gasteiger partial charge in [0.25, 0.3) is 11.6 Å². The van der Waals surface area contributed by atoms with E-state index in [1.807, 2.05) is 13.2 Å². The molecular formula is C14H21N3O3S. The Balaban J connectivity index is 3.06. The summed E-state index contributed by atoms with van der Waals surface area (Å²) < 4.78 is 0. The van der Waals surface area contributed by atoms with Crippen LogP contribution >= 0.6 is 11.8 Å². The van der Waals surface area contributed by atoms with Crippen LogP contribution in [-0.2, 0) is 0 Å². The Bertz CT molecular complexity index is 522. The van der Waals surface area contributed by atoms with Gasteiger partial charge in [-0.3, -0.25) is 14.9 Å². The number of carbonyl (C=O) groups excluding carboxylic acids is 1. The van der Waals surface area contributed by atoms with Gasteiger partial charge in [-0.25, -0.2) is 0 Å². The first-order valence-corrected chi connectivity index (χ1v) is 8.04. The first-order valence-electron chi connectivity index (χ1n) is 6.64. The summed E-state index contributed by atoms with van der Waals surface area (Å²) in [6.45, 7) is 1.95. The molecule has 0 heterocycles. The molecule has 0 saturated carbocycles. The molecule has 7 heteroatoms. The highest BCUT2D eigenvalue weighted by molar-refractivity contribution is 7.98. The number of anilines is 1. The van der Waals surface area contributed by atoms with Gasteiger partial charge in [0, 0.05) is 31.9 Å². The average molecular weight is 311 g/mol. The number of hydrogen-bond donors (Lipinski definition) is 1. The lowest BCUT2D eigenvalue weighted by molar-refractivity contribution is -0.385. The van der Waals surface area contributed by atoms with Crippen LogP contribution in [0, 0.1) is 10.1 Å². The van der Waals surface area contributed by atoms with Gasteiger partial charge in [-0.05, 0) is 37.5 Å². The van der Waals surface area contributed by atoms with E-state index in [1.165, 1.54) is 12.1 Å². The molecule has 0 fully saturated rings.